The van der Waals surface area contributed by atoms with Crippen molar-refractivity contribution >= 4 is 35.8 Å². The summed E-state index contributed by atoms with van der Waals surface area (Å²) in [5.74, 6) is 1.93. The van der Waals surface area contributed by atoms with Gasteiger partial charge < -0.3 is 19.9 Å². The minimum Gasteiger partial charge on any atom is -0.496 e. The third kappa shape index (κ3) is 6.10. The number of para-hydroxylation sites is 1. The van der Waals surface area contributed by atoms with Crippen LogP contribution in [0.2, 0.25) is 0 Å². The molecule has 1 N–H and O–H groups in total. The summed E-state index contributed by atoms with van der Waals surface area (Å²) >= 11 is 0. The van der Waals surface area contributed by atoms with Gasteiger partial charge in [0, 0.05) is 52.3 Å². The highest BCUT2D eigenvalue weighted by Crippen LogP contribution is 2.19. The van der Waals surface area contributed by atoms with E-state index in [2.05, 4.69) is 33.4 Å². The van der Waals surface area contributed by atoms with Crippen LogP contribution in [0.4, 0.5) is 0 Å². The number of carbonyl (C=O) groups excluding carboxylic acids is 1. The Balaban J connectivity index is 0.00000320. The summed E-state index contributed by atoms with van der Waals surface area (Å²) in [6.07, 6.45) is 1.63. The van der Waals surface area contributed by atoms with E-state index in [-0.39, 0.29) is 29.9 Å². The van der Waals surface area contributed by atoms with Crippen molar-refractivity contribution in [2.75, 3.05) is 27.7 Å². The summed E-state index contributed by atoms with van der Waals surface area (Å²) in [5, 5.41) is 3.45. The smallest absolute Gasteiger partial charge is 0.222 e. The van der Waals surface area contributed by atoms with Gasteiger partial charge >= 0.3 is 0 Å². The van der Waals surface area contributed by atoms with E-state index in [1.807, 2.05) is 42.3 Å². The van der Waals surface area contributed by atoms with Crippen LogP contribution in [-0.4, -0.2) is 49.4 Å². The summed E-state index contributed by atoms with van der Waals surface area (Å²) < 4.78 is 5.46. The van der Waals surface area contributed by atoms with Gasteiger partial charge in [0.15, 0.2) is 5.96 Å². The second-order valence-electron chi connectivity index (χ2n) is 7.26. The molecule has 0 aromatic heterocycles. The molecule has 0 bridgehead atoms. The van der Waals surface area contributed by atoms with E-state index in [1.165, 1.54) is 11.1 Å². The number of aliphatic imine (C=N–C) groups is 1. The van der Waals surface area contributed by atoms with Crippen LogP contribution >= 0.6 is 24.0 Å². The number of likely N-dealkylation sites (tertiary alicyclic amines) is 1. The van der Waals surface area contributed by atoms with Crippen LogP contribution in [0.5, 0.6) is 5.75 Å². The third-order valence-corrected chi connectivity index (χ3v) is 5.26. The molecule has 3 rings (SSSR count). The molecule has 7 heteroatoms. The van der Waals surface area contributed by atoms with Crippen molar-refractivity contribution in [1.82, 2.24) is 15.1 Å². The number of carbonyl (C=O) groups is 1. The van der Waals surface area contributed by atoms with Crippen LogP contribution in [0.1, 0.15) is 29.5 Å². The molecule has 1 fully saturated rings. The van der Waals surface area contributed by atoms with Crippen molar-refractivity contribution in [2.45, 2.75) is 32.5 Å². The van der Waals surface area contributed by atoms with Gasteiger partial charge in [-0.3, -0.25) is 9.79 Å². The topological polar surface area (TPSA) is 57.2 Å². The second-order valence-corrected chi connectivity index (χ2v) is 7.26. The average Bonchev–Trinajstić information content (AvgIpc) is 3.14. The van der Waals surface area contributed by atoms with Crippen molar-refractivity contribution < 1.29 is 9.53 Å². The van der Waals surface area contributed by atoms with Crippen LogP contribution in [0.25, 0.3) is 0 Å². The Hall–Kier alpha value is -2.29. The Morgan fingerprint density at radius 3 is 2.43 bits per heavy atom. The lowest BCUT2D eigenvalue weighted by molar-refractivity contribution is -0.128. The van der Waals surface area contributed by atoms with E-state index in [0.717, 1.165) is 30.2 Å². The van der Waals surface area contributed by atoms with Crippen molar-refractivity contribution in [3.05, 3.63) is 65.2 Å². The molecule has 0 atom stereocenters. The van der Waals surface area contributed by atoms with Crippen LogP contribution in [0, 0.1) is 0 Å². The third-order valence-electron chi connectivity index (χ3n) is 5.26. The van der Waals surface area contributed by atoms with Crippen molar-refractivity contribution in [3.63, 3.8) is 0 Å². The van der Waals surface area contributed by atoms with Crippen LogP contribution in [-0.2, 0) is 24.4 Å². The zero-order valence-electron chi connectivity index (χ0n) is 17.9. The molecule has 0 radical (unpaired) electrons. The Morgan fingerprint density at radius 1 is 1.13 bits per heavy atom. The molecule has 1 aliphatic heterocycles. The van der Waals surface area contributed by atoms with E-state index < -0.39 is 0 Å². The van der Waals surface area contributed by atoms with Crippen molar-refractivity contribution in [1.29, 1.82) is 0 Å². The van der Waals surface area contributed by atoms with Crippen LogP contribution in [0.15, 0.2) is 53.5 Å². The summed E-state index contributed by atoms with van der Waals surface area (Å²) in [5.41, 5.74) is 3.46. The molecule has 1 saturated heterocycles. The largest absolute Gasteiger partial charge is 0.496 e. The van der Waals surface area contributed by atoms with E-state index in [1.54, 1.807) is 14.2 Å². The van der Waals surface area contributed by atoms with Gasteiger partial charge in [0.1, 0.15) is 5.75 Å². The van der Waals surface area contributed by atoms with Crippen LogP contribution < -0.4 is 10.1 Å². The lowest BCUT2D eigenvalue weighted by Gasteiger charge is -2.24. The first-order valence-corrected chi connectivity index (χ1v) is 10.0. The Bertz CT molecular complexity index is 872. The number of nitrogens with one attached hydrogen (secondary N) is 1. The standard InChI is InChI=1S/C23H30N4O2.HI/c1-24-23(26(2)16-20-11-6-7-12-21(20)29-3)25-15-18-9-4-5-10-19(18)17-27-14-8-13-22(27)28;/h4-7,9-12H,8,13-17H2,1-3H3,(H,24,25);1H. The Morgan fingerprint density at radius 2 is 1.80 bits per heavy atom. The zero-order chi connectivity index (χ0) is 20.6. The number of ether oxygens (including phenoxy) is 1. The van der Waals surface area contributed by atoms with E-state index in [4.69, 9.17) is 4.74 Å². The molecule has 6 nitrogen and oxygen atoms in total. The van der Waals surface area contributed by atoms with Gasteiger partial charge in [0.2, 0.25) is 5.91 Å². The van der Waals surface area contributed by atoms with Gasteiger partial charge in [0.05, 0.1) is 7.11 Å². The minimum atomic E-state index is 0. The van der Waals surface area contributed by atoms with Crippen LogP contribution in [0.3, 0.4) is 0 Å². The molecule has 2 aromatic rings. The van der Waals surface area contributed by atoms with Gasteiger partial charge in [-0.25, -0.2) is 0 Å². The molecular formula is C23H31IN4O2. The van der Waals surface area contributed by atoms with Gasteiger partial charge in [-0.1, -0.05) is 42.5 Å². The molecule has 30 heavy (non-hydrogen) atoms. The monoisotopic (exact) mass is 522 g/mol. The lowest BCUT2D eigenvalue weighted by Crippen LogP contribution is -2.38. The number of benzene rings is 2. The summed E-state index contributed by atoms with van der Waals surface area (Å²) in [4.78, 5) is 20.4. The highest BCUT2D eigenvalue weighted by molar-refractivity contribution is 14.0. The maximum Gasteiger partial charge on any atom is 0.222 e. The predicted octanol–water partition coefficient (Wildman–Crippen LogP) is 3.64. The van der Waals surface area contributed by atoms with Gasteiger partial charge in [-0.2, -0.15) is 0 Å². The van der Waals surface area contributed by atoms with Gasteiger partial charge in [-0.15, -0.1) is 24.0 Å². The molecule has 0 saturated carbocycles. The number of hydrogen-bond acceptors (Lipinski definition) is 3. The predicted molar refractivity (Wildman–Crippen MR) is 131 cm³/mol. The van der Waals surface area contributed by atoms with Crippen molar-refractivity contribution in [2.24, 2.45) is 4.99 Å². The Kier molecular flexibility index (Phi) is 9.42. The highest BCUT2D eigenvalue weighted by Gasteiger charge is 2.21. The van der Waals surface area contributed by atoms with E-state index in [9.17, 15) is 4.79 Å². The number of halogens is 1. The Labute approximate surface area is 196 Å². The summed E-state index contributed by atoms with van der Waals surface area (Å²) in [7, 11) is 5.49. The highest BCUT2D eigenvalue weighted by atomic mass is 127. The normalized spacial score (nSPS) is 13.8. The van der Waals surface area contributed by atoms with Gasteiger partial charge in [0.25, 0.3) is 0 Å². The van der Waals surface area contributed by atoms with E-state index >= 15 is 0 Å². The molecule has 0 spiro atoms. The minimum absolute atomic E-state index is 0. The lowest BCUT2D eigenvalue weighted by atomic mass is 10.1. The zero-order valence-corrected chi connectivity index (χ0v) is 20.3. The molecule has 1 amide bonds. The van der Waals surface area contributed by atoms with E-state index in [0.29, 0.717) is 26.1 Å². The first-order valence-electron chi connectivity index (χ1n) is 10.0. The van der Waals surface area contributed by atoms with Gasteiger partial charge in [-0.05, 0) is 23.6 Å². The quantitative estimate of drug-likeness (QED) is 0.343. The fourth-order valence-electron chi connectivity index (χ4n) is 3.68. The second kappa shape index (κ2) is 11.8. The number of nitrogens with zero attached hydrogens (tertiary/aromatic N) is 3. The maximum atomic E-state index is 12.0. The number of rotatable bonds is 7. The fraction of sp³-hybridized carbons (Fsp3) is 0.391. The number of hydrogen-bond donors (Lipinski definition) is 1. The first-order chi connectivity index (χ1) is 14.1. The molecule has 162 valence electrons. The molecule has 2 aromatic carbocycles. The summed E-state index contributed by atoms with van der Waals surface area (Å²) in [6.45, 7) is 2.87. The van der Waals surface area contributed by atoms with Crippen molar-refractivity contribution in [3.8, 4) is 5.75 Å². The summed E-state index contributed by atoms with van der Waals surface area (Å²) in [6, 6.07) is 16.3. The SMILES string of the molecule is CN=C(NCc1ccccc1CN1CCCC1=O)N(C)Cc1ccccc1OC.I. The first kappa shape index (κ1) is 24.0. The molecule has 0 aliphatic carbocycles. The molecule has 1 aliphatic rings. The molecular weight excluding hydrogens is 491 g/mol. The molecule has 0 unspecified atom stereocenters. The number of methoxy groups -OCH3 is 1. The number of amides is 1. The fourth-order valence-corrected chi connectivity index (χ4v) is 3.68. The molecule has 1 heterocycles. The maximum absolute atomic E-state index is 12.0. The average molecular weight is 522 g/mol. The number of guanidine groups is 1.